The van der Waals surface area contributed by atoms with Gasteiger partial charge in [0, 0.05) is 36.8 Å². The average Bonchev–Trinajstić information content (AvgIpc) is 2.97. The summed E-state index contributed by atoms with van der Waals surface area (Å²) in [5, 5.41) is 11.2. The number of amides is 1. The summed E-state index contributed by atoms with van der Waals surface area (Å²) in [7, 11) is 0. The van der Waals surface area contributed by atoms with Crippen LogP contribution in [0.25, 0.3) is 28.0 Å². The molecule has 1 fully saturated rings. The summed E-state index contributed by atoms with van der Waals surface area (Å²) in [5.41, 5.74) is 0.663. The number of hydrogen-bond acceptors (Lipinski definition) is 8. The molecule has 1 atom stereocenters. The SMILES string of the molecule is C=CC(=O)N1CCN(c2nc(=O)n(-c3c(SC)ccnc3CC(C)C)c3nc(-c4c(O)cccc4F)c(Cl)cc23)[C@@H](C)C1. The van der Waals surface area contributed by atoms with Crippen LogP contribution in [-0.2, 0) is 11.2 Å². The highest BCUT2D eigenvalue weighted by Crippen LogP contribution is 2.39. The quantitative estimate of drug-likeness (QED) is 0.213. The molecule has 1 amide bonds. The molecule has 0 aliphatic carbocycles. The number of fused-ring (bicyclic) bond motifs is 1. The molecule has 1 aliphatic rings. The van der Waals surface area contributed by atoms with Crippen molar-refractivity contribution in [1.29, 1.82) is 0 Å². The molecule has 4 aromatic rings. The van der Waals surface area contributed by atoms with E-state index in [9.17, 15) is 14.7 Å². The minimum absolute atomic E-state index is 0.00971. The second-order valence-electron chi connectivity index (χ2n) is 10.8. The topological polar surface area (TPSA) is 104 Å². The van der Waals surface area contributed by atoms with Crippen LogP contribution in [0.1, 0.15) is 26.5 Å². The number of carbonyl (C=O) groups is 1. The number of anilines is 1. The van der Waals surface area contributed by atoms with Gasteiger partial charge in [-0.3, -0.25) is 9.78 Å². The summed E-state index contributed by atoms with van der Waals surface area (Å²) in [6, 6.07) is 7.18. The average molecular weight is 623 g/mol. The summed E-state index contributed by atoms with van der Waals surface area (Å²) >= 11 is 8.21. The van der Waals surface area contributed by atoms with Gasteiger partial charge in [0.2, 0.25) is 5.91 Å². The highest BCUT2D eigenvalue weighted by Gasteiger charge is 2.31. The maximum atomic E-state index is 15.1. The van der Waals surface area contributed by atoms with Gasteiger partial charge in [-0.25, -0.2) is 18.7 Å². The molecule has 43 heavy (non-hydrogen) atoms. The lowest BCUT2D eigenvalue weighted by molar-refractivity contribution is -0.126. The van der Waals surface area contributed by atoms with E-state index < -0.39 is 11.5 Å². The Bertz CT molecular complexity index is 1780. The number of pyridine rings is 2. The van der Waals surface area contributed by atoms with E-state index in [1.54, 1.807) is 17.2 Å². The first kappa shape index (κ1) is 30.5. The summed E-state index contributed by atoms with van der Waals surface area (Å²) in [6.45, 7) is 10.9. The number of aromatic hydroxyl groups is 1. The van der Waals surface area contributed by atoms with Crippen LogP contribution < -0.4 is 10.6 Å². The normalized spacial score (nSPS) is 15.4. The molecule has 0 spiro atoms. The number of carbonyl (C=O) groups excluding carboxylic acids is 1. The molecule has 1 saturated heterocycles. The monoisotopic (exact) mass is 622 g/mol. The fraction of sp³-hybridized carbons (Fsp3) is 0.323. The highest BCUT2D eigenvalue weighted by atomic mass is 35.5. The van der Waals surface area contributed by atoms with E-state index in [0.29, 0.717) is 48.6 Å². The summed E-state index contributed by atoms with van der Waals surface area (Å²) < 4.78 is 16.5. The largest absolute Gasteiger partial charge is 0.507 e. The first-order valence-corrected chi connectivity index (χ1v) is 15.5. The van der Waals surface area contributed by atoms with Crippen LogP contribution in [-0.4, -0.2) is 67.4 Å². The number of benzene rings is 1. The zero-order valence-corrected chi connectivity index (χ0v) is 25.9. The minimum Gasteiger partial charge on any atom is -0.507 e. The fourth-order valence-corrected chi connectivity index (χ4v) is 6.31. The van der Waals surface area contributed by atoms with Crippen molar-refractivity contribution in [3.63, 3.8) is 0 Å². The lowest BCUT2D eigenvalue weighted by Crippen LogP contribution is -2.54. The zero-order chi connectivity index (χ0) is 31.0. The molecule has 12 heteroatoms. The predicted octanol–water partition coefficient (Wildman–Crippen LogP) is 5.48. The molecule has 3 aromatic heterocycles. The lowest BCUT2D eigenvalue weighted by atomic mass is 10.1. The molecule has 0 saturated carbocycles. The second kappa shape index (κ2) is 12.3. The molecule has 0 bridgehead atoms. The highest BCUT2D eigenvalue weighted by molar-refractivity contribution is 7.98. The molecule has 1 aliphatic heterocycles. The van der Waals surface area contributed by atoms with E-state index in [1.165, 1.54) is 40.6 Å². The van der Waals surface area contributed by atoms with Gasteiger partial charge in [0.1, 0.15) is 17.4 Å². The van der Waals surface area contributed by atoms with Crippen molar-refractivity contribution in [3.8, 4) is 22.7 Å². The van der Waals surface area contributed by atoms with Crippen molar-refractivity contribution in [1.82, 2.24) is 24.4 Å². The molecule has 1 aromatic carbocycles. The van der Waals surface area contributed by atoms with Crippen molar-refractivity contribution >= 4 is 46.1 Å². The Hall–Kier alpha value is -3.96. The van der Waals surface area contributed by atoms with Gasteiger partial charge >= 0.3 is 5.69 Å². The van der Waals surface area contributed by atoms with Crippen LogP contribution >= 0.6 is 23.4 Å². The molecule has 0 radical (unpaired) electrons. The number of phenols is 1. The fourth-order valence-electron chi connectivity index (χ4n) is 5.47. The number of hydrogen-bond donors (Lipinski definition) is 1. The summed E-state index contributed by atoms with van der Waals surface area (Å²) in [4.78, 5) is 44.8. The number of piperazine rings is 1. The number of halogens is 2. The zero-order valence-electron chi connectivity index (χ0n) is 24.3. The lowest BCUT2D eigenvalue weighted by Gasteiger charge is -2.40. The molecular weight excluding hydrogens is 591 g/mol. The smallest absolute Gasteiger partial charge is 0.355 e. The van der Waals surface area contributed by atoms with E-state index in [4.69, 9.17) is 16.6 Å². The number of thioether (sulfide) groups is 1. The van der Waals surface area contributed by atoms with Crippen LogP contribution in [0.5, 0.6) is 5.75 Å². The Labute approximate surface area is 258 Å². The third-order valence-corrected chi connectivity index (χ3v) is 8.48. The van der Waals surface area contributed by atoms with E-state index in [-0.39, 0.29) is 45.5 Å². The Morgan fingerprint density at radius 3 is 2.70 bits per heavy atom. The van der Waals surface area contributed by atoms with Gasteiger partial charge in [0.25, 0.3) is 0 Å². The van der Waals surface area contributed by atoms with Gasteiger partial charge in [-0.2, -0.15) is 4.98 Å². The number of nitrogens with zero attached hydrogens (tertiary/aromatic N) is 6. The molecule has 5 rings (SSSR count). The summed E-state index contributed by atoms with van der Waals surface area (Å²) in [6.07, 6.45) is 5.49. The van der Waals surface area contributed by atoms with Gasteiger partial charge in [0.15, 0.2) is 5.65 Å². The second-order valence-corrected chi connectivity index (χ2v) is 12.1. The molecule has 0 unspecified atom stereocenters. The molecule has 1 N–H and O–H groups in total. The van der Waals surface area contributed by atoms with Gasteiger partial charge in [-0.05, 0) is 55.9 Å². The van der Waals surface area contributed by atoms with E-state index in [1.807, 2.05) is 24.1 Å². The Morgan fingerprint density at radius 1 is 1.28 bits per heavy atom. The van der Waals surface area contributed by atoms with Crippen molar-refractivity contribution in [2.75, 3.05) is 30.8 Å². The first-order chi connectivity index (χ1) is 20.5. The Morgan fingerprint density at radius 2 is 2.05 bits per heavy atom. The van der Waals surface area contributed by atoms with Crippen LogP contribution in [0.2, 0.25) is 5.02 Å². The number of aromatic nitrogens is 4. The third kappa shape index (κ3) is 5.71. The van der Waals surface area contributed by atoms with Crippen LogP contribution in [0.3, 0.4) is 0 Å². The van der Waals surface area contributed by atoms with E-state index >= 15 is 4.39 Å². The van der Waals surface area contributed by atoms with Crippen molar-refractivity contribution < 1.29 is 14.3 Å². The van der Waals surface area contributed by atoms with Gasteiger partial charge < -0.3 is 14.9 Å². The van der Waals surface area contributed by atoms with Gasteiger partial charge in [-0.1, -0.05) is 38.1 Å². The van der Waals surface area contributed by atoms with Gasteiger partial charge in [-0.15, -0.1) is 11.8 Å². The third-order valence-electron chi connectivity index (χ3n) is 7.42. The number of phenolic OH excluding ortho intramolecular Hbond substituents is 1. The van der Waals surface area contributed by atoms with Crippen LogP contribution in [0, 0.1) is 11.7 Å². The molecule has 9 nitrogen and oxygen atoms in total. The maximum absolute atomic E-state index is 15.1. The molecule has 224 valence electrons. The Kier molecular flexibility index (Phi) is 8.75. The minimum atomic E-state index is -0.708. The molecule has 4 heterocycles. The van der Waals surface area contributed by atoms with Crippen LogP contribution in [0.15, 0.2) is 58.9 Å². The summed E-state index contributed by atoms with van der Waals surface area (Å²) in [5.74, 6) is -0.618. The van der Waals surface area contributed by atoms with Gasteiger partial charge in [0.05, 0.1) is 33.0 Å². The van der Waals surface area contributed by atoms with Crippen molar-refractivity contribution in [3.05, 3.63) is 76.2 Å². The predicted molar refractivity (Wildman–Crippen MR) is 169 cm³/mol. The first-order valence-electron chi connectivity index (χ1n) is 13.9. The number of rotatable bonds is 7. The van der Waals surface area contributed by atoms with Crippen LogP contribution in [0.4, 0.5) is 10.2 Å². The Balaban J connectivity index is 1.84. The molecular formula is C31H32ClFN6O3S. The van der Waals surface area contributed by atoms with Crippen molar-refractivity contribution in [2.24, 2.45) is 5.92 Å². The van der Waals surface area contributed by atoms with Crippen molar-refractivity contribution in [2.45, 2.75) is 38.1 Å². The standard InChI is InChI=1S/C31H32ClFN6O3S/c1-6-25(41)37-12-13-38(18(4)16-37)29-19-15-20(32)27(26-21(33)8-7-9-23(26)40)35-30(19)39(31(42)36-29)28-22(14-17(2)3)34-11-10-24(28)43-5/h6-11,15,17-18,40H,1,12-14,16H2,2-5H3/t18-/m0/s1. The maximum Gasteiger partial charge on any atom is 0.355 e. The van der Waals surface area contributed by atoms with E-state index in [0.717, 1.165) is 4.90 Å². The van der Waals surface area contributed by atoms with E-state index in [2.05, 4.69) is 30.4 Å².